The summed E-state index contributed by atoms with van der Waals surface area (Å²) in [6, 6.07) is 33.2. The van der Waals surface area contributed by atoms with Gasteiger partial charge in [0.15, 0.2) is 0 Å². The van der Waals surface area contributed by atoms with Crippen LogP contribution in [-0.4, -0.2) is 24.3 Å². The lowest BCUT2D eigenvalue weighted by atomic mass is 9.76. The maximum absolute atomic E-state index is 11.7. The number of ether oxygens (including phenoxy) is 1. The lowest BCUT2D eigenvalue weighted by Gasteiger charge is -2.30. The third kappa shape index (κ3) is 6.45. The summed E-state index contributed by atoms with van der Waals surface area (Å²) in [6.07, 6.45) is 5.42. The Balaban J connectivity index is 1.48. The number of aliphatic hydroxyl groups is 1. The van der Waals surface area contributed by atoms with E-state index in [-0.39, 0.29) is 18.0 Å². The SMILES string of the molecule is C=C(C)C(=O)OCCCc1ccc(N(c2ccc(CCCO)cc2)c2ccc3c(c2)C(C)(CCC)c2ccccc2-3)cc1. The topological polar surface area (TPSA) is 49.8 Å². The third-order valence-electron chi connectivity index (χ3n) is 8.62. The number of aliphatic hydroxyl groups excluding tert-OH is 1. The number of anilines is 3. The molecule has 1 N–H and O–H groups in total. The Morgan fingerprint density at radius 1 is 0.814 bits per heavy atom. The molecule has 0 aliphatic heterocycles. The van der Waals surface area contributed by atoms with Crippen molar-refractivity contribution in [2.45, 2.75) is 64.7 Å². The van der Waals surface area contributed by atoms with Crippen LogP contribution in [0.5, 0.6) is 0 Å². The van der Waals surface area contributed by atoms with Gasteiger partial charge in [-0.2, -0.15) is 0 Å². The molecule has 4 aromatic carbocycles. The zero-order valence-electron chi connectivity index (χ0n) is 25.7. The van der Waals surface area contributed by atoms with Crippen LogP contribution in [0.15, 0.2) is 103 Å². The molecule has 1 atom stereocenters. The van der Waals surface area contributed by atoms with Gasteiger partial charge in [0.1, 0.15) is 0 Å². The number of nitrogens with zero attached hydrogens (tertiary/aromatic N) is 1. The van der Waals surface area contributed by atoms with Crippen molar-refractivity contribution in [1.82, 2.24) is 0 Å². The summed E-state index contributed by atoms with van der Waals surface area (Å²) in [7, 11) is 0. The zero-order valence-corrected chi connectivity index (χ0v) is 25.7. The Morgan fingerprint density at radius 3 is 2.00 bits per heavy atom. The van der Waals surface area contributed by atoms with Crippen LogP contribution in [0, 0.1) is 0 Å². The lowest BCUT2D eigenvalue weighted by Crippen LogP contribution is -2.21. The van der Waals surface area contributed by atoms with Gasteiger partial charge in [-0.05, 0) is 109 Å². The number of aryl methyl sites for hydroxylation is 2. The average Bonchev–Trinajstić information content (AvgIpc) is 3.27. The number of benzene rings is 4. The molecule has 5 rings (SSSR count). The molecule has 1 unspecified atom stereocenters. The van der Waals surface area contributed by atoms with Crippen LogP contribution in [0.4, 0.5) is 17.1 Å². The van der Waals surface area contributed by atoms with Crippen molar-refractivity contribution in [1.29, 1.82) is 0 Å². The summed E-state index contributed by atoms with van der Waals surface area (Å²) < 4.78 is 5.27. The number of carbonyl (C=O) groups excluding carboxylic acids is 1. The van der Waals surface area contributed by atoms with E-state index in [1.165, 1.54) is 33.4 Å². The van der Waals surface area contributed by atoms with Crippen LogP contribution >= 0.6 is 0 Å². The highest BCUT2D eigenvalue weighted by atomic mass is 16.5. The van der Waals surface area contributed by atoms with Crippen LogP contribution in [0.3, 0.4) is 0 Å². The van der Waals surface area contributed by atoms with Crippen molar-refractivity contribution in [3.63, 3.8) is 0 Å². The number of hydrogen-bond donors (Lipinski definition) is 1. The van der Waals surface area contributed by atoms with Gasteiger partial charge in [0.2, 0.25) is 0 Å². The Morgan fingerprint density at radius 2 is 1.40 bits per heavy atom. The molecule has 0 aromatic heterocycles. The van der Waals surface area contributed by atoms with Gasteiger partial charge in [-0.25, -0.2) is 4.79 Å². The molecule has 43 heavy (non-hydrogen) atoms. The van der Waals surface area contributed by atoms with Crippen LogP contribution in [0.25, 0.3) is 11.1 Å². The number of fused-ring (bicyclic) bond motifs is 3. The van der Waals surface area contributed by atoms with E-state index in [4.69, 9.17) is 4.74 Å². The van der Waals surface area contributed by atoms with Gasteiger partial charge in [-0.3, -0.25) is 0 Å². The first-order chi connectivity index (χ1) is 20.9. The largest absolute Gasteiger partial charge is 0.462 e. The van der Waals surface area contributed by atoms with E-state index in [1.807, 2.05) is 0 Å². The fourth-order valence-corrected chi connectivity index (χ4v) is 6.39. The molecule has 222 valence electrons. The molecule has 4 aromatic rings. The number of rotatable bonds is 13. The standard InChI is InChI=1S/C39H43NO3/c1-5-24-39(4)36-13-7-6-12-34(36)35-23-22-33(27-37(35)39)40(31-18-14-29(15-19-31)10-8-25-41)32-20-16-30(17-21-32)11-9-26-43-38(42)28(2)3/h6-7,12-23,27,41H,2,5,8-11,24-26H2,1,3-4H3. The quantitative estimate of drug-likeness (QED) is 0.0984. The Bertz CT molecular complexity index is 1570. The lowest BCUT2D eigenvalue weighted by molar-refractivity contribution is -0.139. The maximum atomic E-state index is 11.7. The van der Waals surface area contributed by atoms with Gasteiger partial charge in [0, 0.05) is 34.7 Å². The van der Waals surface area contributed by atoms with E-state index in [2.05, 4.69) is 116 Å². The van der Waals surface area contributed by atoms with E-state index in [1.54, 1.807) is 6.92 Å². The maximum Gasteiger partial charge on any atom is 0.333 e. The first kappa shape index (κ1) is 30.3. The second-order valence-corrected chi connectivity index (χ2v) is 11.9. The van der Waals surface area contributed by atoms with Gasteiger partial charge in [-0.1, -0.05) is 81.4 Å². The second kappa shape index (κ2) is 13.4. The smallest absolute Gasteiger partial charge is 0.333 e. The van der Waals surface area contributed by atoms with Gasteiger partial charge >= 0.3 is 5.97 Å². The molecule has 0 bridgehead atoms. The Labute approximate surface area is 256 Å². The second-order valence-electron chi connectivity index (χ2n) is 11.9. The van der Waals surface area contributed by atoms with Gasteiger partial charge in [0.05, 0.1) is 6.61 Å². The minimum absolute atomic E-state index is 0.0338. The van der Waals surface area contributed by atoms with Gasteiger partial charge in [-0.15, -0.1) is 0 Å². The summed E-state index contributed by atoms with van der Waals surface area (Å²) >= 11 is 0. The summed E-state index contributed by atoms with van der Waals surface area (Å²) in [4.78, 5) is 14.0. The molecule has 0 saturated heterocycles. The summed E-state index contributed by atoms with van der Waals surface area (Å²) in [5, 5.41) is 9.29. The Kier molecular flexibility index (Phi) is 9.47. The van der Waals surface area contributed by atoms with Gasteiger partial charge in [0.25, 0.3) is 0 Å². The fourth-order valence-electron chi connectivity index (χ4n) is 6.39. The van der Waals surface area contributed by atoms with Crippen molar-refractivity contribution in [2.24, 2.45) is 0 Å². The molecular weight excluding hydrogens is 530 g/mol. The predicted octanol–water partition coefficient (Wildman–Crippen LogP) is 9.22. The summed E-state index contributed by atoms with van der Waals surface area (Å²) in [5.41, 5.74) is 11.6. The van der Waals surface area contributed by atoms with E-state index in [0.29, 0.717) is 12.2 Å². The van der Waals surface area contributed by atoms with Crippen LogP contribution in [0.2, 0.25) is 0 Å². The number of esters is 1. The first-order valence-electron chi connectivity index (χ1n) is 15.5. The highest BCUT2D eigenvalue weighted by molar-refractivity contribution is 5.87. The molecule has 0 spiro atoms. The molecule has 0 amide bonds. The van der Waals surface area contributed by atoms with Crippen molar-refractivity contribution in [3.05, 3.63) is 125 Å². The first-order valence-corrected chi connectivity index (χ1v) is 15.5. The molecular formula is C39H43NO3. The van der Waals surface area contributed by atoms with Crippen molar-refractivity contribution in [3.8, 4) is 11.1 Å². The molecule has 1 aliphatic rings. The molecule has 4 nitrogen and oxygen atoms in total. The zero-order chi connectivity index (χ0) is 30.4. The molecule has 0 radical (unpaired) electrons. The van der Waals surface area contributed by atoms with Crippen LogP contribution < -0.4 is 4.90 Å². The normalized spacial score (nSPS) is 15.1. The molecule has 4 heteroatoms. The highest BCUT2D eigenvalue weighted by Gasteiger charge is 2.38. The van der Waals surface area contributed by atoms with Crippen LogP contribution in [0.1, 0.15) is 68.7 Å². The number of carbonyl (C=O) groups is 1. The third-order valence-corrected chi connectivity index (χ3v) is 8.62. The summed E-state index contributed by atoms with van der Waals surface area (Å²) in [5.74, 6) is -0.333. The molecule has 0 heterocycles. The average molecular weight is 574 g/mol. The van der Waals surface area contributed by atoms with E-state index < -0.39 is 0 Å². The van der Waals surface area contributed by atoms with Crippen molar-refractivity contribution in [2.75, 3.05) is 18.1 Å². The molecule has 0 saturated carbocycles. The van der Waals surface area contributed by atoms with Crippen molar-refractivity contribution < 1.29 is 14.6 Å². The minimum atomic E-state index is -0.333. The van der Waals surface area contributed by atoms with Crippen molar-refractivity contribution >= 4 is 23.0 Å². The highest BCUT2D eigenvalue weighted by Crippen LogP contribution is 2.52. The minimum Gasteiger partial charge on any atom is -0.462 e. The van der Waals surface area contributed by atoms with E-state index in [0.717, 1.165) is 55.6 Å². The monoisotopic (exact) mass is 573 g/mol. The fraction of sp³-hybridized carbons (Fsp3) is 0.308. The van der Waals surface area contributed by atoms with E-state index >= 15 is 0 Å². The summed E-state index contributed by atoms with van der Waals surface area (Å²) in [6.45, 7) is 10.6. The van der Waals surface area contributed by atoms with E-state index in [9.17, 15) is 9.90 Å². The molecule has 1 aliphatic carbocycles. The van der Waals surface area contributed by atoms with Crippen LogP contribution in [-0.2, 0) is 27.8 Å². The molecule has 0 fully saturated rings. The Hall–Kier alpha value is -4.15. The predicted molar refractivity (Wildman–Crippen MR) is 177 cm³/mol. The van der Waals surface area contributed by atoms with Gasteiger partial charge < -0.3 is 14.7 Å². The number of hydrogen-bond acceptors (Lipinski definition) is 4.